The van der Waals surface area contributed by atoms with E-state index in [1.165, 1.54) is 13.8 Å². The van der Waals surface area contributed by atoms with Crippen LogP contribution in [-0.2, 0) is 22.6 Å². The van der Waals surface area contributed by atoms with Gasteiger partial charge in [-0.1, -0.05) is 11.6 Å². The van der Waals surface area contributed by atoms with Gasteiger partial charge in [-0.3, -0.25) is 10.0 Å². The standard InChI is InChI=1S/C14H16ClNO5.Na/c1-14(2,13(18)19)12(17)16(20)7-9-5-8-3-4-21-11(8)6-10(9)15;/h5-6,20H,3-4,7H2,1-2H3,(H,18,19);/q;+1/p-1. The molecule has 0 aliphatic carbocycles. The summed E-state index contributed by atoms with van der Waals surface area (Å²) in [4.78, 5) is 22.9. The summed E-state index contributed by atoms with van der Waals surface area (Å²) in [6.45, 7) is 2.70. The van der Waals surface area contributed by atoms with E-state index in [9.17, 15) is 19.9 Å². The molecule has 1 amide bonds. The molecule has 114 valence electrons. The van der Waals surface area contributed by atoms with Gasteiger partial charge < -0.3 is 14.6 Å². The number of ether oxygens (including phenoxy) is 1. The SMILES string of the molecule is CC(C)(C(=O)[O-])C(=O)N(O)Cc1cc2c(cc1Cl)OCC2.[Na+]. The molecule has 0 saturated heterocycles. The number of benzene rings is 1. The van der Waals surface area contributed by atoms with Crippen LogP contribution in [0.25, 0.3) is 0 Å². The fourth-order valence-electron chi connectivity index (χ4n) is 2.02. The first-order chi connectivity index (χ1) is 9.73. The fourth-order valence-corrected chi connectivity index (χ4v) is 2.23. The number of fused-ring (bicyclic) bond motifs is 1. The Kier molecular flexibility index (Phi) is 6.29. The third kappa shape index (κ3) is 3.75. The van der Waals surface area contributed by atoms with Crippen molar-refractivity contribution in [3.8, 4) is 5.75 Å². The summed E-state index contributed by atoms with van der Waals surface area (Å²) in [6.07, 6.45) is 0.726. The van der Waals surface area contributed by atoms with Crippen molar-refractivity contribution < 1.29 is 54.2 Å². The minimum Gasteiger partial charge on any atom is -0.549 e. The first-order valence-corrected chi connectivity index (χ1v) is 6.77. The second-order valence-corrected chi connectivity index (χ2v) is 5.83. The number of aliphatic carboxylic acids is 1. The van der Waals surface area contributed by atoms with Crippen LogP contribution in [0.3, 0.4) is 0 Å². The van der Waals surface area contributed by atoms with Gasteiger partial charge in [0.15, 0.2) is 0 Å². The topological polar surface area (TPSA) is 89.9 Å². The Hall–Kier alpha value is -0.790. The number of halogens is 1. The monoisotopic (exact) mass is 335 g/mol. The molecule has 0 aromatic heterocycles. The largest absolute Gasteiger partial charge is 1.00 e. The molecule has 1 aromatic carbocycles. The molecule has 0 unspecified atom stereocenters. The molecule has 0 saturated carbocycles. The second kappa shape index (κ2) is 7.19. The van der Waals surface area contributed by atoms with Crippen LogP contribution in [0.4, 0.5) is 0 Å². The maximum Gasteiger partial charge on any atom is 1.00 e. The second-order valence-electron chi connectivity index (χ2n) is 5.43. The zero-order valence-corrected chi connectivity index (χ0v) is 15.4. The molecule has 2 rings (SSSR count). The van der Waals surface area contributed by atoms with E-state index in [0.29, 0.717) is 28.0 Å². The Morgan fingerprint density at radius 2 is 2.09 bits per heavy atom. The van der Waals surface area contributed by atoms with Crippen molar-refractivity contribution in [1.29, 1.82) is 0 Å². The Balaban J connectivity index is 0.00000242. The van der Waals surface area contributed by atoms with Crippen molar-refractivity contribution in [3.05, 3.63) is 28.3 Å². The first kappa shape index (κ1) is 19.3. The van der Waals surface area contributed by atoms with E-state index < -0.39 is 17.3 Å². The van der Waals surface area contributed by atoms with E-state index >= 15 is 0 Å². The van der Waals surface area contributed by atoms with Crippen LogP contribution in [0, 0.1) is 5.41 Å². The van der Waals surface area contributed by atoms with E-state index in [2.05, 4.69) is 0 Å². The number of nitrogens with zero attached hydrogens (tertiary/aromatic N) is 1. The maximum absolute atomic E-state index is 11.9. The maximum atomic E-state index is 11.9. The number of carbonyl (C=O) groups is 2. The van der Waals surface area contributed by atoms with E-state index in [-0.39, 0.29) is 36.1 Å². The number of hydroxylamine groups is 2. The first-order valence-electron chi connectivity index (χ1n) is 6.40. The predicted molar refractivity (Wildman–Crippen MR) is 71.8 cm³/mol. The molecule has 0 radical (unpaired) electrons. The summed E-state index contributed by atoms with van der Waals surface area (Å²) < 4.78 is 5.36. The van der Waals surface area contributed by atoms with Gasteiger partial charge in [0.2, 0.25) is 0 Å². The normalized spacial score (nSPS) is 12.9. The van der Waals surface area contributed by atoms with Gasteiger partial charge in [0, 0.05) is 11.4 Å². The van der Waals surface area contributed by atoms with Crippen molar-refractivity contribution in [2.75, 3.05) is 6.61 Å². The number of hydrogen-bond acceptors (Lipinski definition) is 5. The molecule has 1 heterocycles. The molecule has 1 aliphatic heterocycles. The van der Waals surface area contributed by atoms with Gasteiger partial charge in [0.05, 0.1) is 24.5 Å². The van der Waals surface area contributed by atoms with Gasteiger partial charge in [0.25, 0.3) is 5.91 Å². The number of hydrogen-bond donors (Lipinski definition) is 1. The van der Waals surface area contributed by atoms with Crippen LogP contribution in [0.5, 0.6) is 5.75 Å². The number of carbonyl (C=O) groups excluding carboxylic acids is 2. The number of amides is 1. The van der Waals surface area contributed by atoms with Gasteiger partial charge >= 0.3 is 29.6 Å². The van der Waals surface area contributed by atoms with Crippen LogP contribution >= 0.6 is 11.6 Å². The molecular weight excluding hydrogens is 321 g/mol. The van der Waals surface area contributed by atoms with Gasteiger partial charge in [-0.05, 0) is 37.1 Å². The predicted octanol–water partition coefficient (Wildman–Crippen LogP) is -2.23. The third-order valence-electron chi connectivity index (χ3n) is 3.46. The average Bonchev–Trinajstić information content (AvgIpc) is 2.84. The zero-order chi connectivity index (χ0) is 15.8. The van der Waals surface area contributed by atoms with Gasteiger partial charge in [-0.2, -0.15) is 0 Å². The van der Waals surface area contributed by atoms with Crippen molar-refractivity contribution in [3.63, 3.8) is 0 Å². The molecule has 1 aliphatic rings. The van der Waals surface area contributed by atoms with E-state index in [4.69, 9.17) is 16.3 Å². The molecule has 6 nitrogen and oxygen atoms in total. The molecule has 1 N–H and O–H groups in total. The summed E-state index contributed by atoms with van der Waals surface area (Å²) in [7, 11) is 0. The van der Waals surface area contributed by atoms with Crippen molar-refractivity contribution in [2.45, 2.75) is 26.8 Å². The summed E-state index contributed by atoms with van der Waals surface area (Å²) in [5, 5.41) is 21.4. The Morgan fingerprint density at radius 1 is 1.45 bits per heavy atom. The van der Waals surface area contributed by atoms with Gasteiger partial charge in [-0.15, -0.1) is 0 Å². The molecule has 8 heteroatoms. The Labute approximate surface area is 155 Å². The van der Waals surface area contributed by atoms with Crippen molar-refractivity contribution in [1.82, 2.24) is 5.06 Å². The van der Waals surface area contributed by atoms with Crippen LogP contribution in [0.15, 0.2) is 12.1 Å². The van der Waals surface area contributed by atoms with E-state index in [0.717, 1.165) is 12.0 Å². The average molecular weight is 336 g/mol. The van der Waals surface area contributed by atoms with E-state index in [1.807, 2.05) is 0 Å². The number of carboxylic acid groups (broad SMARTS) is 1. The van der Waals surface area contributed by atoms with Gasteiger partial charge in [-0.25, -0.2) is 5.06 Å². The fraction of sp³-hybridized carbons (Fsp3) is 0.429. The summed E-state index contributed by atoms with van der Waals surface area (Å²) in [6, 6.07) is 3.37. The van der Waals surface area contributed by atoms with Crippen molar-refractivity contribution >= 4 is 23.5 Å². The minimum absolute atomic E-state index is 0. The third-order valence-corrected chi connectivity index (χ3v) is 3.81. The summed E-state index contributed by atoms with van der Waals surface area (Å²) in [5.41, 5.74) is -0.360. The zero-order valence-electron chi connectivity index (χ0n) is 12.7. The van der Waals surface area contributed by atoms with Crippen molar-refractivity contribution in [2.24, 2.45) is 5.41 Å². The number of carboxylic acids is 1. The molecular formula is C14H15ClNNaO5. The molecule has 0 spiro atoms. The van der Waals surface area contributed by atoms with Crippen LogP contribution in [-0.4, -0.2) is 28.8 Å². The molecule has 1 aromatic rings. The quantitative estimate of drug-likeness (QED) is 0.291. The van der Waals surface area contributed by atoms with Crippen LogP contribution in [0.1, 0.15) is 25.0 Å². The van der Waals surface area contributed by atoms with Crippen LogP contribution in [0.2, 0.25) is 5.02 Å². The summed E-state index contributed by atoms with van der Waals surface area (Å²) >= 11 is 6.08. The minimum atomic E-state index is -1.82. The molecule has 0 fully saturated rings. The van der Waals surface area contributed by atoms with Crippen LogP contribution < -0.4 is 39.4 Å². The number of rotatable bonds is 4. The molecule has 0 atom stereocenters. The smallest absolute Gasteiger partial charge is 0.549 e. The van der Waals surface area contributed by atoms with Gasteiger partial charge in [0.1, 0.15) is 5.75 Å². The Bertz CT molecular complexity index is 605. The Morgan fingerprint density at radius 3 is 2.68 bits per heavy atom. The molecule has 0 bridgehead atoms. The molecule has 22 heavy (non-hydrogen) atoms. The van der Waals surface area contributed by atoms with E-state index in [1.54, 1.807) is 12.1 Å². The summed E-state index contributed by atoms with van der Waals surface area (Å²) in [5.74, 6) is -1.83.